The van der Waals surface area contributed by atoms with Crippen LogP contribution in [0, 0.1) is 6.92 Å². The van der Waals surface area contributed by atoms with E-state index in [4.69, 9.17) is 4.74 Å². The summed E-state index contributed by atoms with van der Waals surface area (Å²) in [5.41, 5.74) is 1.65. The zero-order valence-corrected chi connectivity index (χ0v) is 15.6. The Hall–Kier alpha value is -1.93. The summed E-state index contributed by atoms with van der Waals surface area (Å²) in [7, 11) is -0.592. The molecule has 0 radical (unpaired) electrons. The highest BCUT2D eigenvalue weighted by molar-refractivity contribution is 7.89. The summed E-state index contributed by atoms with van der Waals surface area (Å²) in [5, 5.41) is 7.40. The van der Waals surface area contributed by atoms with E-state index < -0.39 is 10.0 Å². The van der Waals surface area contributed by atoms with Gasteiger partial charge in [-0.25, -0.2) is 13.0 Å². The van der Waals surface area contributed by atoms with Crippen molar-refractivity contribution in [3.63, 3.8) is 0 Å². The predicted molar refractivity (Wildman–Crippen MR) is 89.4 cm³/mol. The fourth-order valence-corrected chi connectivity index (χ4v) is 3.46. The van der Waals surface area contributed by atoms with Gasteiger partial charge in [0.1, 0.15) is 17.1 Å². The first-order chi connectivity index (χ1) is 11.1. The first kappa shape index (κ1) is 18.4. The van der Waals surface area contributed by atoms with Crippen molar-refractivity contribution in [3.8, 4) is 5.75 Å². The van der Waals surface area contributed by atoms with E-state index in [0.717, 1.165) is 5.56 Å². The van der Waals surface area contributed by atoms with Crippen LogP contribution < -0.4 is 4.74 Å². The smallest absolute Gasteiger partial charge is 0.243 e. The van der Waals surface area contributed by atoms with Crippen molar-refractivity contribution in [2.24, 2.45) is 0 Å². The number of hydrogen-bond donors (Lipinski definition) is 0. The number of hydrogen-bond acceptors (Lipinski definition) is 6. The molecule has 0 spiro atoms. The molecule has 7 nitrogen and oxygen atoms in total. The number of methoxy groups -OCH3 is 1. The van der Waals surface area contributed by atoms with Crippen LogP contribution in [0.25, 0.3) is 0 Å². The van der Waals surface area contributed by atoms with Gasteiger partial charge >= 0.3 is 0 Å². The summed E-state index contributed by atoms with van der Waals surface area (Å²) in [4.78, 5) is 0.213. The van der Waals surface area contributed by atoms with E-state index in [1.165, 1.54) is 11.4 Å². The van der Waals surface area contributed by atoms with Gasteiger partial charge < -0.3 is 4.74 Å². The Bertz CT molecular complexity index is 822. The summed E-state index contributed by atoms with van der Waals surface area (Å²) in [6.07, 6.45) is 0. The average Bonchev–Trinajstić information content (AvgIpc) is 2.90. The van der Waals surface area contributed by atoms with Crippen molar-refractivity contribution in [2.75, 3.05) is 14.2 Å². The molecule has 24 heavy (non-hydrogen) atoms. The van der Waals surface area contributed by atoms with E-state index in [2.05, 4.69) is 14.9 Å². The van der Waals surface area contributed by atoms with Gasteiger partial charge in [0.05, 0.1) is 18.6 Å². The van der Waals surface area contributed by atoms with Gasteiger partial charge in [-0.15, -0.1) is 0 Å². The molecule has 0 atom stereocenters. The highest BCUT2D eigenvalue weighted by Crippen LogP contribution is 2.33. The quantitative estimate of drug-likeness (QED) is 0.821. The van der Waals surface area contributed by atoms with Gasteiger partial charge in [0.15, 0.2) is 0 Å². The minimum atomic E-state index is -3.67. The third-order valence-corrected chi connectivity index (χ3v) is 5.61. The fourth-order valence-electron chi connectivity index (χ4n) is 2.30. The first-order valence-electron chi connectivity index (χ1n) is 7.50. The lowest BCUT2D eigenvalue weighted by atomic mass is 9.86. The molecule has 0 bridgehead atoms. The number of rotatable bonds is 5. The first-order valence-corrected chi connectivity index (χ1v) is 8.94. The second-order valence-electron chi connectivity index (χ2n) is 6.67. The van der Waals surface area contributed by atoms with Crippen LogP contribution in [0.2, 0.25) is 0 Å². The van der Waals surface area contributed by atoms with Crippen LogP contribution >= 0.6 is 0 Å². The number of benzene rings is 1. The van der Waals surface area contributed by atoms with Crippen molar-refractivity contribution in [2.45, 2.75) is 44.6 Å². The predicted octanol–water partition coefficient (Wildman–Crippen LogP) is 2.50. The van der Waals surface area contributed by atoms with Crippen LogP contribution in [0.5, 0.6) is 5.75 Å². The topological polar surface area (TPSA) is 85.5 Å². The highest BCUT2D eigenvalue weighted by atomic mass is 32.2. The Labute approximate surface area is 142 Å². The van der Waals surface area contributed by atoms with Crippen molar-refractivity contribution in [3.05, 3.63) is 35.2 Å². The van der Waals surface area contributed by atoms with Crippen LogP contribution in [0.3, 0.4) is 0 Å². The molecule has 0 aliphatic rings. The third-order valence-electron chi connectivity index (χ3n) is 3.81. The second-order valence-corrected chi connectivity index (χ2v) is 8.71. The Kier molecular flexibility index (Phi) is 5.00. The van der Waals surface area contributed by atoms with E-state index in [0.29, 0.717) is 17.1 Å². The van der Waals surface area contributed by atoms with E-state index in [1.807, 2.05) is 20.8 Å². The highest BCUT2D eigenvalue weighted by Gasteiger charge is 2.27. The number of sulfonamides is 1. The molecule has 0 saturated heterocycles. The molecule has 1 aromatic heterocycles. The number of aromatic nitrogens is 2. The van der Waals surface area contributed by atoms with Crippen molar-refractivity contribution in [1.82, 2.24) is 14.6 Å². The molecule has 2 rings (SSSR count). The van der Waals surface area contributed by atoms with Gasteiger partial charge in [0, 0.05) is 12.6 Å². The number of aryl methyl sites for hydroxylation is 1. The van der Waals surface area contributed by atoms with E-state index in [1.54, 1.807) is 32.2 Å². The van der Waals surface area contributed by atoms with Crippen molar-refractivity contribution in [1.29, 1.82) is 0 Å². The molecule has 1 aromatic carbocycles. The normalized spacial score (nSPS) is 12.6. The van der Waals surface area contributed by atoms with Gasteiger partial charge in [-0.2, -0.15) is 4.31 Å². The molecule has 0 amide bonds. The van der Waals surface area contributed by atoms with Crippen LogP contribution in [0.15, 0.2) is 27.7 Å². The maximum atomic E-state index is 12.9. The van der Waals surface area contributed by atoms with Crippen LogP contribution in [-0.4, -0.2) is 37.2 Å². The Balaban J connectivity index is 2.40. The lowest BCUT2D eigenvalue weighted by Gasteiger charge is -2.24. The fraction of sp³-hybridized carbons (Fsp3) is 0.500. The summed E-state index contributed by atoms with van der Waals surface area (Å²) < 4.78 is 36.9. The lowest BCUT2D eigenvalue weighted by Crippen LogP contribution is -2.27. The number of ether oxygens (including phenoxy) is 1. The minimum Gasteiger partial charge on any atom is -0.496 e. The molecule has 8 heteroatoms. The van der Waals surface area contributed by atoms with Crippen LogP contribution in [0.4, 0.5) is 0 Å². The molecule has 0 saturated carbocycles. The summed E-state index contributed by atoms with van der Waals surface area (Å²) in [6.45, 7) is 7.84. The molecule has 132 valence electrons. The minimum absolute atomic E-state index is 0.0918. The van der Waals surface area contributed by atoms with Gasteiger partial charge in [-0.05, 0) is 30.5 Å². The van der Waals surface area contributed by atoms with Crippen molar-refractivity contribution < 1.29 is 17.8 Å². The summed E-state index contributed by atoms with van der Waals surface area (Å²) >= 11 is 0. The van der Waals surface area contributed by atoms with E-state index in [9.17, 15) is 8.42 Å². The standard InChI is InChI=1S/C16H23N3O4S/c1-11-14(18-23-17-11)10-19(5)24(20,21)12-7-8-15(22-6)13(9-12)16(2,3)4/h7-9H,10H2,1-6H3. The maximum Gasteiger partial charge on any atom is 0.243 e. The van der Waals surface area contributed by atoms with Gasteiger partial charge in [0.2, 0.25) is 10.0 Å². The van der Waals surface area contributed by atoms with E-state index >= 15 is 0 Å². The number of nitrogens with zero attached hydrogens (tertiary/aromatic N) is 3. The molecule has 0 fully saturated rings. The average molecular weight is 353 g/mol. The van der Waals surface area contributed by atoms with E-state index in [-0.39, 0.29) is 16.9 Å². The lowest BCUT2D eigenvalue weighted by molar-refractivity contribution is 0.298. The zero-order valence-electron chi connectivity index (χ0n) is 14.8. The molecular formula is C16H23N3O4S. The zero-order chi connectivity index (χ0) is 18.1. The molecule has 0 N–H and O–H groups in total. The largest absolute Gasteiger partial charge is 0.496 e. The molecule has 1 heterocycles. The van der Waals surface area contributed by atoms with Gasteiger partial charge in [0.25, 0.3) is 0 Å². The monoisotopic (exact) mass is 353 g/mol. The Morgan fingerprint density at radius 1 is 1.25 bits per heavy atom. The second kappa shape index (κ2) is 6.52. The van der Waals surface area contributed by atoms with Crippen LogP contribution in [-0.2, 0) is 22.0 Å². The summed E-state index contributed by atoms with van der Waals surface area (Å²) in [5.74, 6) is 0.667. The third kappa shape index (κ3) is 3.59. The molecular weight excluding hydrogens is 330 g/mol. The molecule has 0 unspecified atom stereocenters. The Morgan fingerprint density at radius 3 is 2.42 bits per heavy atom. The molecule has 0 aliphatic carbocycles. The van der Waals surface area contributed by atoms with Crippen LogP contribution in [0.1, 0.15) is 37.7 Å². The SMILES string of the molecule is COc1ccc(S(=O)(=O)N(C)Cc2nonc2C)cc1C(C)(C)C. The van der Waals surface area contributed by atoms with Crippen molar-refractivity contribution >= 4 is 10.0 Å². The molecule has 0 aliphatic heterocycles. The van der Waals surface area contributed by atoms with Gasteiger partial charge in [-0.3, -0.25) is 0 Å². The summed E-state index contributed by atoms with van der Waals surface area (Å²) in [6, 6.07) is 4.90. The van der Waals surface area contributed by atoms with Gasteiger partial charge in [-0.1, -0.05) is 31.1 Å². The maximum absolute atomic E-state index is 12.9. The Morgan fingerprint density at radius 2 is 1.92 bits per heavy atom. The molecule has 2 aromatic rings.